The van der Waals surface area contributed by atoms with E-state index in [1.807, 2.05) is 31.2 Å². The number of imidazole rings is 1. The number of H-pyrrole nitrogens is 1. The van der Waals surface area contributed by atoms with Crippen LogP contribution in [0.1, 0.15) is 29.7 Å². The molecule has 5 aromatic rings. The van der Waals surface area contributed by atoms with Crippen molar-refractivity contribution >= 4 is 11.9 Å². The summed E-state index contributed by atoms with van der Waals surface area (Å²) in [6.07, 6.45) is 5.56. The summed E-state index contributed by atoms with van der Waals surface area (Å²) in [5, 5.41) is 14.0. The number of nitrogens with zero attached hydrogens (tertiary/aromatic N) is 8. The molecule has 2 N–H and O–H groups in total. The number of aromatic amines is 1. The minimum atomic E-state index is -0.592. The third kappa shape index (κ3) is 4.19. The second-order valence-corrected chi connectivity index (χ2v) is 8.83. The number of aromatic nitrogens is 9. The molecule has 38 heavy (non-hydrogen) atoms. The number of fused-ring (bicyclic) bond motifs is 1. The number of carbonyl (C=O) groups excluding carboxylic acids is 1. The first-order valence-corrected chi connectivity index (χ1v) is 11.8. The smallest absolute Gasteiger partial charge is 0.412 e. The first-order chi connectivity index (χ1) is 18.5. The Balaban J connectivity index is 1.30. The number of amides is 1. The standard InChI is InChI=1S/C25H22N10O3/c1-14-3-5-19(34-13-28-32-33-34)16(9-14)17-10-23(36)35-20(6-8-22(35)29-17)24-27-12-18(30-24)15-4-7-21(26-11-15)31-25(37)38-2/h3-5,7,9-13,20H,6,8H2,1-2H3,(H,27,30)(H,26,31,37)/t20-/m0/s1. The minimum absolute atomic E-state index is 0.158. The molecule has 0 unspecified atom stereocenters. The van der Waals surface area contributed by atoms with Crippen molar-refractivity contribution < 1.29 is 9.53 Å². The summed E-state index contributed by atoms with van der Waals surface area (Å²) in [5.41, 5.74) is 4.49. The van der Waals surface area contributed by atoms with Gasteiger partial charge in [-0.3, -0.25) is 14.7 Å². The van der Waals surface area contributed by atoms with Crippen LogP contribution in [0, 0.1) is 6.92 Å². The van der Waals surface area contributed by atoms with E-state index < -0.39 is 6.09 Å². The number of methoxy groups -OCH3 is 1. The molecular weight excluding hydrogens is 488 g/mol. The average Bonchev–Trinajstić information content (AvgIpc) is 3.70. The van der Waals surface area contributed by atoms with Gasteiger partial charge in [-0.05, 0) is 48.0 Å². The van der Waals surface area contributed by atoms with Crippen LogP contribution in [-0.2, 0) is 11.2 Å². The normalized spacial score (nSPS) is 14.3. The number of pyridine rings is 1. The summed E-state index contributed by atoms with van der Waals surface area (Å²) in [6.45, 7) is 1.98. The first-order valence-electron chi connectivity index (χ1n) is 11.8. The second-order valence-electron chi connectivity index (χ2n) is 8.83. The maximum absolute atomic E-state index is 13.4. The molecule has 0 aliphatic carbocycles. The highest BCUT2D eigenvalue weighted by Gasteiger charge is 2.29. The highest BCUT2D eigenvalue weighted by molar-refractivity contribution is 5.83. The van der Waals surface area contributed by atoms with Crippen LogP contribution >= 0.6 is 0 Å². The van der Waals surface area contributed by atoms with Gasteiger partial charge < -0.3 is 9.72 Å². The zero-order chi connectivity index (χ0) is 26.2. The Bertz CT molecular complexity index is 1690. The fourth-order valence-electron chi connectivity index (χ4n) is 4.60. The van der Waals surface area contributed by atoms with Gasteiger partial charge in [0.05, 0.1) is 36.4 Å². The monoisotopic (exact) mass is 510 g/mol. The van der Waals surface area contributed by atoms with Crippen LogP contribution in [-0.4, -0.2) is 57.9 Å². The lowest BCUT2D eigenvalue weighted by Crippen LogP contribution is -2.25. The summed E-state index contributed by atoms with van der Waals surface area (Å²) in [7, 11) is 1.29. The second kappa shape index (κ2) is 9.35. The highest BCUT2D eigenvalue weighted by Crippen LogP contribution is 2.32. The van der Waals surface area contributed by atoms with Crippen molar-refractivity contribution in [2.45, 2.75) is 25.8 Å². The number of tetrazole rings is 1. The van der Waals surface area contributed by atoms with Gasteiger partial charge in [0, 0.05) is 29.8 Å². The predicted molar refractivity (Wildman–Crippen MR) is 136 cm³/mol. The van der Waals surface area contributed by atoms with Crippen molar-refractivity contribution in [3.05, 3.63) is 82.7 Å². The Hall–Kier alpha value is -5.20. The van der Waals surface area contributed by atoms with E-state index in [4.69, 9.17) is 4.98 Å². The largest absolute Gasteiger partial charge is 0.453 e. The van der Waals surface area contributed by atoms with Crippen LogP contribution in [0.25, 0.3) is 28.2 Å². The zero-order valence-corrected chi connectivity index (χ0v) is 20.5. The van der Waals surface area contributed by atoms with Crippen LogP contribution in [0.4, 0.5) is 10.6 Å². The van der Waals surface area contributed by atoms with Crippen molar-refractivity contribution in [2.24, 2.45) is 0 Å². The van der Waals surface area contributed by atoms with Gasteiger partial charge in [0.2, 0.25) is 0 Å². The molecule has 0 fully saturated rings. The summed E-state index contributed by atoms with van der Waals surface area (Å²) in [5.74, 6) is 1.73. The van der Waals surface area contributed by atoms with E-state index in [0.717, 1.165) is 28.1 Å². The van der Waals surface area contributed by atoms with Crippen molar-refractivity contribution in [3.63, 3.8) is 0 Å². The maximum Gasteiger partial charge on any atom is 0.412 e. The fourth-order valence-corrected chi connectivity index (χ4v) is 4.60. The molecule has 13 nitrogen and oxygen atoms in total. The molecule has 0 radical (unpaired) electrons. The third-order valence-corrected chi connectivity index (χ3v) is 6.40. The van der Waals surface area contributed by atoms with Crippen LogP contribution in [0.15, 0.2) is 59.9 Å². The van der Waals surface area contributed by atoms with Crippen LogP contribution in [0.5, 0.6) is 0 Å². The van der Waals surface area contributed by atoms with Crippen LogP contribution in [0.3, 0.4) is 0 Å². The SMILES string of the molecule is COC(=O)Nc1ccc(-c2cnc([C@@H]3CCc4nc(-c5cc(C)ccc5-n5cnnn5)cc(=O)n43)[nH]2)cn1. The van der Waals surface area contributed by atoms with E-state index in [1.54, 1.807) is 33.8 Å². The molecule has 1 aliphatic heterocycles. The molecule has 1 aliphatic rings. The van der Waals surface area contributed by atoms with Crippen LogP contribution < -0.4 is 10.9 Å². The molecule has 1 aromatic carbocycles. The van der Waals surface area contributed by atoms with Crippen molar-refractivity contribution in [1.29, 1.82) is 0 Å². The lowest BCUT2D eigenvalue weighted by Gasteiger charge is -2.14. The number of carbonyl (C=O) groups is 1. The van der Waals surface area contributed by atoms with Crippen molar-refractivity contribution in [2.75, 3.05) is 12.4 Å². The molecule has 1 atom stereocenters. The van der Waals surface area contributed by atoms with Crippen LogP contribution in [0.2, 0.25) is 0 Å². The summed E-state index contributed by atoms with van der Waals surface area (Å²) in [6, 6.07) is 10.6. The predicted octanol–water partition coefficient (Wildman–Crippen LogP) is 2.69. The Labute approximate surface area is 215 Å². The summed E-state index contributed by atoms with van der Waals surface area (Å²) < 4.78 is 7.83. The molecule has 13 heteroatoms. The topological polar surface area (TPSA) is 158 Å². The Morgan fingerprint density at radius 2 is 2.05 bits per heavy atom. The highest BCUT2D eigenvalue weighted by atomic mass is 16.5. The van der Waals surface area contributed by atoms with Gasteiger partial charge in [0.1, 0.15) is 23.8 Å². The van der Waals surface area contributed by atoms with E-state index in [1.165, 1.54) is 13.4 Å². The quantitative estimate of drug-likeness (QED) is 0.362. The van der Waals surface area contributed by atoms with Gasteiger partial charge in [-0.1, -0.05) is 11.6 Å². The molecule has 0 spiro atoms. The van der Waals surface area contributed by atoms with Gasteiger partial charge >= 0.3 is 6.09 Å². The molecule has 1 amide bonds. The number of aryl methyl sites for hydroxylation is 2. The molecule has 0 saturated carbocycles. The number of hydrogen-bond donors (Lipinski definition) is 2. The zero-order valence-electron chi connectivity index (χ0n) is 20.5. The number of ether oxygens (including phenoxy) is 1. The lowest BCUT2D eigenvalue weighted by atomic mass is 10.1. The van der Waals surface area contributed by atoms with E-state index in [9.17, 15) is 9.59 Å². The number of hydrogen-bond acceptors (Lipinski definition) is 9. The number of benzene rings is 1. The van der Waals surface area contributed by atoms with E-state index in [0.29, 0.717) is 36.0 Å². The van der Waals surface area contributed by atoms with E-state index in [-0.39, 0.29) is 11.6 Å². The molecule has 190 valence electrons. The average molecular weight is 511 g/mol. The fraction of sp³-hybridized carbons (Fsp3) is 0.200. The summed E-state index contributed by atoms with van der Waals surface area (Å²) >= 11 is 0. The molecule has 0 bridgehead atoms. The van der Waals surface area contributed by atoms with Gasteiger partial charge in [0.25, 0.3) is 5.56 Å². The summed E-state index contributed by atoms with van der Waals surface area (Å²) in [4.78, 5) is 41.7. The molecule has 5 heterocycles. The minimum Gasteiger partial charge on any atom is -0.453 e. The molecular formula is C25H22N10O3. The number of anilines is 1. The molecule has 0 saturated heterocycles. The van der Waals surface area contributed by atoms with Crippen molar-refractivity contribution in [3.8, 4) is 28.2 Å². The van der Waals surface area contributed by atoms with Gasteiger partial charge in [-0.2, -0.15) is 4.68 Å². The van der Waals surface area contributed by atoms with Crippen molar-refractivity contribution in [1.82, 2.24) is 44.7 Å². The first kappa shape index (κ1) is 23.2. The molecule has 6 rings (SSSR count). The number of rotatable bonds is 5. The third-order valence-electron chi connectivity index (χ3n) is 6.40. The van der Waals surface area contributed by atoms with E-state index >= 15 is 0 Å². The van der Waals surface area contributed by atoms with Gasteiger partial charge in [-0.25, -0.2) is 19.7 Å². The lowest BCUT2D eigenvalue weighted by molar-refractivity contribution is 0.187. The maximum atomic E-state index is 13.4. The van der Waals surface area contributed by atoms with E-state index in [2.05, 4.69) is 40.5 Å². The number of nitrogens with one attached hydrogen (secondary N) is 2. The molecule has 4 aromatic heterocycles. The Morgan fingerprint density at radius 1 is 1.16 bits per heavy atom. The van der Waals surface area contributed by atoms with Gasteiger partial charge in [0.15, 0.2) is 0 Å². The Kier molecular flexibility index (Phi) is 5.71. The van der Waals surface area contributed by atoms with Gasteiger partial charge in [-0.15, -0.1) is 5.10 Å². The Morgan fingerprint density at radius 3 is 2.82 bits per heavy atom.